The Kier molecular flexibility index (Phi) is 4.72. The van der Waals surface area contributed by atoms with E-state index in [0.29, 0.717) is 5.75 Å². The highest BCUT2D eigenvalue weighted by molar-refractivity contribution is 9.10. The molecule has 0 unspecified atom stereocenters. The summed E-state index contributed by atoms with van der Waals surface area (Å²) in [6, 6.07) is 10.0. The van der Waals surface area contributed by atoms with Crippen LogP contribution in [-0.2, 0) is 10.1 Å². The minimum atomic E-state index is -4.10. The van der Waals surface area contributed by atoms with Crippen molar-refractivity contribution in [3.63, 3.8) is 0 Å². The number of carbonyl (C=O) groups excluding carboxylic acids is 1. The minimum Gasteiger partial charge on any atom is -0.497 e. The Balaban J connectivity index is 2.44. The van der Waals surface area contributed by atoms with Gasteiger partial charge in [-0.25, -0.2) is 0 Å². The van der Waals surface area contributed by atoms with Crippen LogP contribution in [0.25, 0.3) is 0 Å². The zero-order chi connectivity index (χ0) is 16.3. The van der Waals surface area contributed by atoms with Crippen LogP contribution in [0.4, 0.5) is 0 Å². The van der Waals surface area contributed by atoms with Gasteiger partial charge in [-0.05, 0) is 36.4 Å². The largest absolute Gasteiger partial charge is 0.497 e. The second-order valence-electron chi connectivity index (χ2n) is 4.22. The summed E-state index contributed by atoms with van der Waals surface area (Å²) in [5.74, 6) is -0.649. The monoisotopic (exact) mass is 385 g/mol. The first kappa shape index (κ1) is 16.3. The van der Waals surface area contributed by atoms with Crippen LogP contribution < -0.4 is 14.7 Å². The van der Waals surface area contributed by atoms with Crippen molar-refractivity contribution in [2.24, 2.45) is 5.73 Å². The molecule has 8 heteroatoms. The van der Waals surface area contributed by atoms with E-state index in [0.717, 1.165) is 4.47 Å². The molecule has 0 spiro atoms. The van der Waals surface area contributed by atoms with E-state index in [1.54, 1.807) is 12.1 Å². The fourth-order valence-corrected chi connectivity index (χ4v) is 2.87. The van der Waals surface area contributed by atoms with Gasteiger partial charge in [-0.15, -0.1) is 0 Å². The smallest absolute Gasteiger partial charge is 0.339 e. The van der Waals surface area contributed by atoms with E-state index >= 15 is 0 Å². The predicted octanol–water partition coefficient (Wildman–Crippen LogP) is 2.32. The molecule has 0 fully saturated rings. The van der Waals surface area contributed by atoms with Crippen LogP contribution in [0.1, 0.15) is 10.4 Å². The molecule has 22 heavy (non-hydrogen) atoms. The second kappa shape index (κ2) is 6.37. The molecule has 2 N–H and O–H groups in total. The van der Waals surface area contributed by atoms with Crippen molar-refractivity contribution >= 4 is 32.0 Å². The summed E-state index contributed by atoms with van der Waals surface area (Å²) in [6.45, 7) is 0. The predicted molar refractivity (Wildman–Crippen MR) is 83.5 cm³/mol. The Bertz CT molecular complexity index is 802. The molecule has 0 saturated carbocycles. The lowest BCUT2D eigenvalue weighted by molar-refractivity contribution is 0.0999. The van der Waals surface area contributed by atoms with Gasteiger partial charge in [-0.1, -0.05) is 15.9 Å². The van der Waals surface area contributed by atoms with Gasteiger partial charge in [-0.3, -0.25) is 4.79 Å². The maximum atomic E-state index is 12.3. The van der Waals surface area contributed by atoms with E-state index in [1.807, 2.05) is 0 Å². The maximum Gasteiger partial charge on any atom is 0.339 e. The molecule has 2 aromatic carbocycles. The third kappa shape index (κ3) is 3.58. The van der Waals surface area contributed by atoms with Crippen molar-refractivity contribution < 1.29 is 22.1 Å². The number of hydrogen-bond donors (Lipinski definition) is 1. The van der Waals surface area contributed by atoms with Crippen LogP contribution in [0.2, 0.25) is 0 Å². The van der Waals surface area contributed by atoms with E-state index in [1.165, 1.54) is 37.4 Å². The molecule has 0 heterocycles. The number of ether oxygens (including phenoxy) is 1. The fraction of sp³-hybridized carbons (Fsp3) is 0.0714. The highest BCUT2D eigenvalue weighted by atomic mass is 79.9. The van der Waals surface area contributed by atoms with Crippen LogP contribution in [0.15, 0.2) is 51.8 Å². The molecule has 1 amide bonds. The first-order chi connectivity index (χ1) is 10.3. The first-order valence-electron chi connectivity index (χ1n) is 6.01. The maximum absolute atomic E-state index is 12.3. The van der Waals surface area contributed by atoms with Crippen molar-refractivity contribution in [2.75, 3.05) is 7.11 Å². The van der Waals surface area contributed by atoms with Gasteiger partial charge in [0, 0.05) is 10.5 Å². The van der Waals surface area contributed by atoms with Gasteiger partial charge < -0.3 is 14.7 Å². The molecule has 116 valence electrons. The van der Waals surface area contributed by atoms with Crippen molar-refractivity contribution in [1.29, 1.82) is 0 Å². The van der Waals surface area contributed by atoms with Crippen molar-refractivity contribution in [1.82, 2.24) is 0 Å². The molecule has 0 bridgehead atoms. The van der Waals surface area contributed by atoms with Gasteiger partial charge in [0.25, 0.3) is 5.91 Å². The van der Waals surface area contributed by atoms with Gasteiger partial charge in [-0.2, -0.15) is 8.42 Å². The summed E-state index contributed by atoms with van der Waals surface area (Å²) in [6.07, 6.45) is 0. The second-order valence-corrected chi connectivity index (χ2v) is 6.68. The number of rotatable bonds is 5. The van der Waals surface area contributed by atoms with Gasteiger partial charge in [0.2, 0.25) is 0 Å². The summed E-state index contributed by atoms with van der Waals surface area (Å²) >= 11 is 3.22. The lowest BCUT2D eigenvalue weighted by Crippen LogP contribution is -2.16. The molecule has 0 aliphatic heterocycles. The minimum absolute atomic E-state index is 0.0473. The number of nitrogens with two attached hydrogens (primary N) is 1. The van der Waals surface area contributed by atoms with E-state index < -0.39 is 16.0 Å². The van der Waals surface area contributed by atoms with Crippen LogP contribution in [-0.4, -0.2) is 21.4 Å². The number of carbonyl (C=O) groups is 1. The Morgan fingerprint density at radius 3 is 2.32 bits per heavy atom. The highest BCUT2D eigenvalue weighted by Gasteiger charge is 2.21. The number of halogens is 1. The molecule has 0 aromatic heterocycles. The van der Waals surface area contributed by atoms with Gasteiger partial charge >= 0.3 is 10.1 Å². The molecule has 0 radical (unpaired) electrons. The zero-order valence-electron chi connectivity index (χ0n) is 11.4. The van der Waals surface area contributed by atoms with Crippen LogP contribution >= 0.6 is 15.9 Å². The molecule has 2 aromatic rings. The molecule has 0 saturated heterocycles. The van der Waals surface area contributed by atoms with Crippen molar-refractivity contribution in [3.05, 3.63) is 52.5 Å². The van der Waals surface area contributed by atoms with Gasteiger partial charge in [0.1, 0.15) is 10.6 Å². The molecule has 0 aliphatic rings. The SMILES string of the molecule is COc1ccc(C(N)=O)c(OS(=O)(=O)c2ccc(Br)cc2)c1. The molecular weight excluding hydrogens is 374 g/mol. The van der Waals surface area contributed by atoms with Gasteiger partial charge in [0.15, 0.2) is 5.75 Å². The standard InChI is InChI=1S/C14H12BrNO5S/c1-20-10-4-7-12(14(16)17)13(8-10)21-22(18,19)11-5-2-9(15)3-6-11/h2-8H,1H3,(H2,16,17). The summed E-state index contributed by atoms with van der Waals surface area (Å²) in [5, 5.41) is 0. The molecule has 6 nitrogen and oxygen atoms in total. The molecule has 2 rings (SSSR count). The lowest BCUT2D eigenvalue weighted by Gasteiger charge is -2.11. The number of methoxy groups -OCH3 is 1. The zero-order valence-corrected chi connectivity index (χ0v) is 13.8. The third-order valence-electron chi connectivity index (χ3n) is 2.76. The lowest BCUT2D eigenvalue weighted by atomic mass is 10.2. The van der Waals surface area contributed by atoms with Crippen LogP contribution in [0.3, 0.4) is 0 Å². The average Bonchev–Trinajstić information content (AvgIpc) is 2.46. The molecule has 0 atom stereocenters. The van der Waals surface area contributed by atoms with E-state index in [4.69, 9.17) is 14.7 Å². The Morgan fingerprint density at radius 1 is 1.14 bits per heavy atom. The first-order valence-corrected chi connectivity index (χ1v) is 8.21. The van der Waals surface area contributed by atoms with Crippen LogP contribution in [0.5, 0.6) is 11.5 Å². The summed E-state index contributed by atoms with van der Waals surface area (Å²) in [4.78, 5) is 11.3. The quantitative estimate of drug-likeness (QED) is 0.796. The van der Waals surface area contributed by atoms with Crippen LogP contribution in [0, 0.1) is 0 Å². The number of hydrogen-bond acceptors (Lipinski definition) is 5. The average molecular weight is 386 g/mol. The van der Waals surface area contributed by atoms with Gasteiger partial charge in [0.05, 0.1) is 12.7 Å². The Labute approximate surface area is 136 Å². The molecule has 0 aliphatic carbocycles. The van der Waals surface area contributed by atoms with Crippen molar-refractivity contribution in [3.8, 4) is 11.5 Å². The summed E-state index contributed by atoms with van der Waals surface area (Å²) < 4.78 is 35.3. The highest BCUT2D eigenvalue weighted by Crippen LogP contribution is 2.28. The van der Waals surface area contributed by atoms with Crippen molar-refractivity contribution in [2.45, 2.75) is 4.90 Å². The Hall–Kier alpha value is -2.06. The topological polar surface area (TPSA) is 95.7 Å². The summed E-state index contributed by atoms with van der Waals surface area (Å²) in [7, 11) is -2.69. The number of benzene rings is 2. The summed E-state index contributed by atoms with van der Waals surface area (Å²) in [5.41, 5.74) is 5.17. The molecular formula is C14H12BrNO5S. The number of amides is 1. The number of primary amides is 1. The Morgan fingerprint density at radius 2 is 1.77 bits per heavy atom. The van der Waals surface area contributed by atoms with E-state index in [-0.39, 0.29) is 16.2 Å². The van der Waals surface area contributed by atoms with E-state index in [9.17, 15) is 13.2 Å². The normalized spacial score (nSPS) is 11.0. The fourth-order valence-electron chi connectivity index (χ4n) is 1.67. The third-order valence-corrected chi connectivity index (χ3v) is 4.53. The van der Waals surface area contributed by atoms with E-state index in [2.05, 4.69) is 15.9 Å².